The standard InChI is InChI=1S/C25H38N2O/c1-4-27-19(11-14-26-27)15-17-16-22-20-9-8-18-7-5-6-12-24(18,2)21(20)10-13-25(22,3)23(17)28/h11,14-15,18,20-23,28H,4-10,12-13,16H2,1-3H3/b17-15+/t18-,20+,21-,22-,23+,24-,25-/m0/s1. The zero-order chi connectivity index (χ0) is 19.5. The smallest absolute Gasteiger partial charge is 0.0810 e. The van der Waals surface area contributed by atoms with Gasteiger partial charge >= 0.3 is 0 Å². The van der Waals surface area contributed by atoms with E-state index in [1.807, 2.05) is 10.9 Å². The molecule has 0 bridgehead atoms. The van der Waals surface area contributed by atoms with E-state index < -0.39 is 0 Å². The average molecular weight is 383 g/mol. The van der Waals surface area contributed by atoms with Crippen LogP contribution in [0.5, 0.6) is 0 Å². The fourth-order valence-electron chi connectivity index (χ4n) is 8.21. The fourth-order valence-corrected chi connectivity index (χ4v) is 8.21. The number of aryl methyl sites for hydroxylation is 1. The third-order valence-electron chi connectivity index (χ3n) is 9.83. The van der Waals surface area contributed by atoms with Crippen molar-refractivity contribution in [2.24, 2.45) is 34.5 Å². The van der Waals surface area contributed by atoms with Crippen LogP contribution in [0.2, 0.25) is 0 Å². The second kappa shape index (κ2) is 6.72. The summed E-state index contributed by atoms with van der Waals surface area (Å²) >= 11 is 0. The minimum absolute atomic E-state index is 0.0714. The molecule has 0 radical (unpaired) electrons. The molecule has 4 aliphatic rings. The number of aliphatic hydroxyl groups is 1. The highest BCUT2D eigenvalue weighted by molar-refractivity contribution is 5.52. The van der Waals surface area contributed by atoms with Gasteiger partial charge in [-0.05, 0) is 98.7 Å². The Hall–Kier alpha value is -1.09. The Morgan fingerprint density at radius 3 is 2.79 bits per heavy atom. The first-order valence-corrected chi connectivity index (χ1v) is 11.9. The first kappa shape index (κ1) is 18.9. The van der Waals surface area contributed by atoms with E-state index in [2.05, 4.69) is 38.0 Å². The van der Waals surface area contributed by atoms with Crippen LogP contribution in [0.4, 0.5) is 0 Å². The molecule has 1 heterocycles. The Morgan fingerprint density at radius 1 is 1.11 bits per heavy atom. The summed E-state index contributed by atoms with van der Waals surface area (Å²) in [6, 6.07) is 2.09. The Balaban J connectivity index is 1.46. The molecule has 0 amide bonds. The van der Waals surface area contributed by atoms with Crippen LogP contribution in [0.1, 0.15) is 84.3 Å². The largest absolute Gasteiger partial charge is 0.388 e. The molecule has 0 spiro atoms. The van der Waals surface area contributed by atoms with Crippen LogP contribution < -0.4 is 0 Å². The second-order valence-corrected chi connectivity index (χ2v) is 10.8. The quantitative estimate of drug-likeness (QED) is 0.713. The van der Waals surface area contributed by atoms with Crippen molar-refractivity contribution in [1.29, 1.82) is 0 Å². The first-order chi connectivity index (χ1) is 13.5. The van der Waals surface area contributed by atoms with E-state index in [1.54, 1.807) is 0 Å². The lowest BCUT2D eigenvalue weighted by Crippen LogP contribution is -2.53. The molecule has 4 aliphatic carbocycles. The molecule has 28 heavy (non-hydrogen) atoms. The zero-order valence-corrected chi connectivity index (χ0v) is 18.0. The van der Waals surface area contributed by atoms with Crippen molar-refractivity contribution in [2.75, 3.05) is 0 Å². The molecule has 0 aromatic carbocycles. The minimum atomic E-state index is -0.282. The van der Waals surface area contributed by atoms with Crippen LogP contribution in [-0.2, 0) is 6.54 Å². The van der Waals surface area contributed by atoms with Crippen LogP contribution in [0, 0.1) is 34.5 Å². The maximum atomic E-state index is 11.4. The lowest BCUT2D eigenvalue weighted by molar-refractivity contribution is -0.119. The highest BCUT2D eigenvalue weighted by Gasteiger charge is 2.60. The highest BCUT2D eigenvalue weighted by Crippen LogP contribution is 2.67. The van der Waals surface area contributed by atoms with Gasteiger partial charge in [-0.1, -0.05) is 26.7 Å². The molecule has 1 N–H and O–H groups in total. The number of nitrogens with zero attached hydrogens (tertiary/aromatic N) is 2. The Bertz CT molecular complexity index is 766. The summed E-state index contributed by atoms with van der Waals surface area (Å²) in [4.78, 5) is 0. The van der Waals surface area contributed by atoms with E-state index in [9.17, 15) is 5.11 Å². The van der Waals surface area contributed by atoms with Crippen LogP contribution in [0.25, 0.3) is 6.08 Å². The lowest BCUT2D eigenvalue weighted by Gasteiger charge is -2.60. The van der Waals surface area contributed by atoms with Gasteiger partial charge in [-0.15, -0.1) is 0 Å². The van der Waals surface area contributed by atoms with E-state index in [1.165, 1.54) is 56.9 Å². The van der Waals surface area contributed by atoms with Gasteiger partial charge in [0.1, 0.15) is 0 Å². The molecule has 3 heteroatoms. The molecule has 4 saturated carbocycles. The molecule has 0 aliphatic heterocycles. The van der Waals surface area contributed by atoms with Crippen molar-refractivity contribution in [3.63, 3.8) is 0 Å². The summed E-state index contributed by atoms with van der Waals surface area (Å²) in [6.07, 6.45) is 16.1. The molecule has 1 aromatic rings. The molecule has 1 aromatic heterocycles. The molecular formula is C25H38N2O. The summed E-state index contributed by atoms with van der Waals surface area (Å²) in [5, 5.41) is 15.8. The van der Waals surface area contributed by atoms with Gasteiger partial charge < -0.3 is 5.11 Å². The predicted octanol–water partition coefficient (Wildman–Crippen LogP) is 5.69. The van der Waals surface area contributed by atoms with Crippen LogP contribution in [0.15, 0.2) is 17.8 Å². The molecule has 4 fully saturated rings. The Morgan fingerprint density at radius 2 is 1.96 bits per heavy atom. The van der Waals surface area contributed by atoms with E-state index in [4.69, 9.17) is 0 Å². The SMILES string of the molecule is CCn1nccc1/C=C1\C[C@H]2[C@@H]3CC[C@@H]4CCCC[C@]4(C)[C@H]3CC[C@]2(C)[C@@H]1O. The van der Waals surface area contributed by atoms with Crippen molar-refractivity contribution in [3.05, 3.63) is 23.5 Å². The number of rotatable bonds is 2. The van der Waals surface area contributed by atoms with Crippen LogP contribution in [-0.4, -0.2) is 21.0 Å². The summed E-state index contributed by atoms with van der Waals surface area (Å²) < 4.78 is 2.04. The topological polar surface area (TPSA) is 38.0 Å². The van der Waals surface area contributed by atoms with Gasteiger partial charge in [-0.3, -0.25) is 4.68 Å². The lowest BCUT2D eigenvalue weighted by atomic mass is 9.45. The van der Waals surface area contributed by atoms with Crippen LogP contribution in [0.3, 0.4) is 0 Å². The molecule has 3 nitrogen and oxygen atoms in total. The number of aromatic nitrogens is 2. The molecular weight excluding hydrogens is 344 g/mol. The molecule has 0 saturated heterocycles. The second-order valence-electron chi connectivity index (χ2n) is 10.8. The van der Waals surface area contributed by atoms with Gasteiger partial charge in [0.2, 0.25) is 0 Å². The molecule has 154 valence electrons. The van der Waals surface area contributed by atoms with Gasteiger partial charge in [-0.25, -0.2) is 0 Å². The fraction of sp³-hybridized carbons (Fsp3) is 0.800. The number of aliphatic hydroxyl groups excluding tert-OH is 1. The van der Waals surface area contributed by atoms with Crippen molar-refractivity contribution < 1.29 is 5.11 Å². The summed E-state index contributed by atoms with van der Waals surface area (Å²) in [6.45, 7) is 8.05. The summed E-state index contributed by atoms with van der Waals surface area (Å²) in [5.74, 6) is 3.32. The van der Waals surface area contributed by atoms with Crippen molar-refractivity contribution >= 4 is 6.08 Å². The normalized spacial score (nSPS) is 46.9. The third kappa shape index (κ3) is 2.61. The van der Waals surface area contributed by atoms with Crippen molar-refractivity contribution in [3.8, 4) is 0 Å². The number of hydrogen-bond donors (Lipinski definition) is 1. The molecule has 7 atom stereocenters. The molecule has 5 rings (SSSR count). The average Bonchev–Trinajstić information content (AvgIpc) is 3.24. The third-order valence-corrected chi connectivity index (χ3v) is 9.83. The Kier molecular flexibility index (Phi) is 4.54. The van der Waals surface area contributed by atoms with Gasteiger partial charge in [0.05, 0.1) is 11.8 Å². The van der Waals surface area contributed by atoms with E-state index in [-0.39, 0.29) is 11.5 Å². The van der Waals surface area contributed by atoms with Gasteiger partial charge in [0.15, 0.2) is 0 Å². The first-order valence-electron chi connectivity index (χ1n) is 11.9. The minimum Gasteiger partial charge on any atom is -0.388 e. The monoisotopic (exact) mass is 382 g/mol. The predicted molar refractivity (Wildman–Crippen MR) is 114 cm³/mol. The van der Waals surface area contributed by atoms with Gasteiger partial charge in [0, 0.05) is 18.2 Å². The van der Waals surface area contributed by atoms with E-state index in [0.717, 1.165) is 36.4 Å². The van der Waals surface area contributed by atoms with Crippen molar-refractivity contribution in [2.45, 2.75) is 91.2 Å². The number of hydrogen-bond acceptors (Lipinski definition) is 2. The van der Waals surface area contributed by atoms with E-state index >= 15 is 0 Å². The van der Waals surface area contributed by atoms with Gasteiger partial charge in [-0.2, -0.15) is 5.10 Å². The zero-order valence-electron chi connectivity index (χ0n) is 18.0. The van der Waals surface area contributed by atoms with Gasteiger partial charge in [0.25, 0.3) is 0 Å². The Labute approximate surface area is 170 Å². The number of fused-ring (bicyclic) bond motifs is 5. The summed E-state index contributed by atoms with van der Waals surface area (Å²) in [5.41, 5.74) is 3.06. The molecule has 0 unspecified atom stereocenters. The maximum absolute atomic E-state index is 11.4. The maximum Gasteiger partial charge on any atom is 0.0810 e. The van der Waals surface area contributed by atoms with E-state index in [0.29, 0.717) is 11.3 Å². The van der Waals surface area contributed by atoms with Crippen molar-refractivity contribution in [1.82, 2.24) is 9.78 Å². The summed E-state index contributed by atoms with van der Waals surface area (Å²) in [7, 11) is 0. The van der Waals surface area contributed by atoms with Crippen LogP contribution >= 0.6 is 0 Å². The highest BCUT2D eigenvalue weighted by atomic mass is 16.3.